The van der Waals surface area contributed by atoms with Gasteiger partial charge in [-0.1, -0.05) is 0 Å². The Bertz CT molecular complexity index is 607. The van der Waals surface area contributed by atoms with Crippen molar-refractivity contribution in [2.45, 2.75) is 31.5 Å². The molecule has 0 saturated carbocycles. The molecule has 0 aromatic carbocycles. The summed E-state index contributed by atoms with van der Waals surface area (Å²) in [6.45, 7) is 0.638. The van der Waals surface area contributed by atoms with Crippen LogP contribution in [0.15, 0.2) is 21.9 Å². The van der Waals surface area contributed by atoms with Crippen LogP contribution in [0.2, 0.25) is 0 Å². The van der Waals surface area contributed by atoms with E-state index in [1.54, 1.807) is 0 Å². The van der Waals surface area contributed by atoms with Gasteiger partial charge in [-0.2, -0.15) is 0 Å². The smallest absolute Gasteiger partial charge is 0.330 e. The molecule has 2 rings (SSSR count). The van der Waals surface area contributed by atoms with E-state index in [0.29, 0.717) is 0 Å². The number of H-pyrrole nitrogens is 1. The van der Waals surface area contributed by atoms with Crippen molar-refractivity contribution in [2.75, 3.05) is 6.61 Å². The lowest BCUT2D eigenvalue weighted by Crippen LogP contribution is -2.40. The van der Waals surface area contributed by atoms with Crippen molar-refractivity contribution in [1.82, 2.24) is 9.55 Å². The number of hydrogen-bond acceptors (Lipinski definition) is 7. The molecule has 4 atom stereocenters. The van der Waals surface area contributed by atoms with Gasteiger partial charge in [-0.15, -0.1) is 0 Å². The number of ether oxygens (including phenoxy) is 2. The van der Waals surface area contributed by atoms with E-state index < -0.39 is 48.4 Å². The SMILES string of the molecule is CC(=O)O[C@H]1[C@H](O)[C@@H](CO)O[C@H]1n1ccc(=O)[nH]c1=O. The van der Waals surface area contributed by atoms with Crippen molar-refractivity contribution in [2.24, 2.45) is 0 Å². The zero-order chi connectivity index (χ0) is 14.9. The third-order valence-corrected chi connectivity index (χ3v) is 2.92. The average molecular weight is 286 g/mol. The van der Waals surface area contributed by atoms with E-state index in [2.05, 4.69) is 0 Å². The third-order valence-electron chi connectivity index (χ3n) is 2.92. The van der Waals surface area contributed by atoms with Crippen LogP contribution in [-0.2, 0) is 14.3 Å². The summed E-state index contributed by atoms with van der Waals surface area (Å²) >= 11 is 0. The number of carbonyl (C=O) groups excluding carboxylic acids is 1. The second-order valence-corrected chi connectivity index (χ2v) is 4.33. The minimum Gasteiger partial charge on any atom is -0.455 e. The van der Waals surface area contributed by atoms with Crippen LogP contribution in [0, 0.1) is 0 Å². The van der Waals surface area contributed by atoms with Gasteiger partial charge < -0.3 is 19.7 Å². The molecular weight excluding hydrogens is 272 g/mol. The number of esters is 1. The van der Waals surface area contributed by atoms with E-state index in [0.717, 1.165) is 23.8 Å². The number of nitrogens with zero attached hydrogens (tertiary/aromatic N) is 1. The number of aromatic amines is 1. The number of aliphatic hydroxyl groups excluding tert-OH is 2. The number of nitrogens with one attached hydrogen (secondary N) is 1. The normalized spacial score (nSPS) is 29.4. The van der Waals surface area contributed by atoms with Gasteiger partial charge in [-0.05, 0) is 0 Å². The Morgan fingerprint density at radius 3 is 2.80 bits per heavy atom. The summed E-state index contributed by atoms with van der Waals surface area (Å²) in [6.07, 6.45) is -3.41. The van der Waals surface area contributed by atoms with Gasteiger partial charge in [-0.25, -0.2) is 4.79 Å². The molecule has 20 heavy (non-hydrogen) atoms. The second kappa shape index (κ2) is 5.57. The molecule has 3 N–H and O–H groups in total. The van der Waals surface area contributed by atoms with E-state index in [-0.39, 0.29) is 0 Å². The van der Waals surface area contributed by atoms with Crippen molar-refractivity contribution in [1.29, 1.82) is 0 Å². The lowest BCUT2D eigenvalue weighted by Gasteiger charge is -2.21. The molecule has 0 radical (unpaired) electrons. The summed E-state index contributed by atoms with van der Waals surface area (Å²) in [7, 11) is 0. The number of aromatic nitrogens is 2. The van der Waals surface area contributed by atoms with E-state index in [9.17, 15) is 19.5 Å². The fourth-order valence-electron chi connectivity index (χ4n) is 2.04. The molecule has 0 bridgehead atoms. The highest BCUT2D eigenvalue weighted by atomic mass is 16.6. The Labute approximate surface area is 112 Å². The van der Waals surface area contributed by atoms with Crippen LogP contribution < -0.4 is 11.2 Å². The Kier molecular flexibility index (Phi) is 4.02. The monoisotopic (exact) mass is 286 g/mol. The lowest BCUT2D eigenvalue weighted by molar-refractivity contribution is -0.156. The van der Waals surface area contributed by atoms with Gasteiger partial charge in [0.1, 0.15) is 12.2 Å². The standard InChI is InChI=1S/C11H14N2O7/c1-5(15)19-9-8(17)6(4-14)20-10(9)13-3-2-7(16)12-11(13)18/h2-3,6,8-10,14,17H,4H2,1H3,(H,12,16,18)/t6-,8-,9+,10-/m1/s1. The largest absolute Gasteiger partial charge is 0.455 e. The third kappa shape index (κ3) is 2.64. The van der Waals surface area contributed by atoms with Crippen LogP contribution in [-0.4, -0.2) is 50.7 Å². The maximum absolute atomic E-state index is 11.7. The zero-order valence-electron chi connectivity index (χ0n) is 10.6. The first-order chi connectivity index (χ1) is 9.43. The fraction of sp³-hybridized carbons (Fsp3) is 0.545. The predicted molar refractivity (Wildman–Crippen MR) is 63.9 cm³/mol. The van der Waals surface area contributed by atoms with Gasteiger partial charge in [0.05, 0.1) is 6.61 Å². The topological polar surface area (TPSA) is 131 Å². The molecule has 1 fully saturated rings. The summed E-state index contributed by atoms with van der Waals surface area (Å²) in [5.74, 6) is -0.668. The molecule has 1 aliphatic heterocycles. The van der Waals surface area contributed by atoms with Crippen molar-refractivity contribution in [3.05, 3.63) is 33.1 Å². The second-order valence-electron chi connectivity index (χ2n) is 4.33. The Hall–Kier alpha value is -1.97. The zero-order valence-corrected chi connectivity index (χ0v) is 10.6. The van der Waals surface area contributed by atoms with Crippen LogP contribution >= 0.6 is 0 Å². The lowest BCUT2D eigenvalue weighted by atomic mass is 10.1. The molecule has 0 amide bonds. The summed E-state index contributed by atoms with van der Waals surface area (Å²) in [5.41, 5.74) is -1.36. The number of rotatable bonds is 3. The molecule has 0 aliphatic carbocycles. The van der Waals surface area contributed by atoms with Crippen LogP contribution in [0.3, 0.4) is 0 Å². The molecule has 0 unspecified atom stereocenters. The number of carbonyl (C=O) groups is 1. The van der Waals surface area contributed by atoms with Crippen molar-refractivity contribution in [3.63, 3.8) is 0 Å². The van der Waals surface area contributed by atoms with E-state index in [1.165, 1.54) is 0 Å². The molecule has 9 heteroatoms. The molecule has 110 valence electrons. The Balaban J connectivity index is 2.39. The summed E-state index contributed by atoms with van der Waals surface area (Å²) in [6, 6.07) is 1.09. The maximum atomic E-state index is 11.7. The number of hydrogen-bond donors (Lipinski definition) is 3. The highest BCUT2D eigenvalue weighted by molar-refractivity contribution is 5.66. The average Bonchev–Trinajstić information content (AvgIpc) is 2.66. The molecule has 1 aliphatic rings. The van der Waals surface area contributed by atoms with Crippen LogP contribution in [0.5, 0.6) is 0 Å². The van der Waals surface area contributed by atoms with Crippen LogP contribution in [0.4, 0.5) is 0 Å². The minimum absolute atomic E-state index is 0.506. The van der Waals surface area contributed by atoms with Crippen molar-refractivity contribution in [3.8, 4) is 0 Å². The summed E-state index contributed by atoms with van der Waals surface area (Å²) in [5, 5.41) is 19.0. The van der Waals surface area contributed by atoms with Crippen molar-refractivity contribution < 1.29 is 24.5 Å². The molecule has 0 spiro atoms. The quantitative estimate of drug-likeness (QED) is 0.533. The number of aliphatic hydroxyl groups is 2. The molecule has 2 heterocycles. The molecule has 1 aromatic heterocycles. The van der Waals surface area contributed by atoms with Gasteiger partial charge in [0, 0.05) is 19.2 Å². The van der Waals surface area contributed by atoms with E-state index in [4.69, 9.17) is 14.6 Å². The maximum Gasteiger partial charge on any atom is 0.330 e. The van der Waals surface area contributed by atoms with Gasteiger partial charge >= 0.3 is 11.7 Å². The first-order valence-electron chi connectivity index (χ1n) is 5.87. The summed E-state index contributed by atoms with van der Waals surface area (Å²) in [4.78, 5) is 35.8. The Morgan fingerprint density at radius 1 is 1.55 bits per heavy atom. The van der Waals surface area contributed by atoms with Crippen LogP contribution in [0.25, 0.3) is 0 Å². The van der Waals surface area contributed by atoms with Gasteiger partial charge in [0.25, 0.3) is 5.56 Å². The van der Waals surface area contributed by atoms with E-state index >= 15 is 0 Å². The summed E-state index contributed by atoms with van der Waals surface area (Å²) < 4.78 is 11.2. The first kappa shape index (κ1) is 14.4. The molecule has 1 saturated heterocycles. The molecule has 9 nitrogen and oxygen atoms in total. The van der Waals surface area contributed by atoms with Gasteiger partial charge in [0.15, 0.2) is 12.3 Å². The van der Waals surface area contributed by atoms with Crippen molar-refractivity contribution >= 4 is 5.97 Å². The highest BCUT2D eigenvalue weighted by Crippen LogP contribution is 2.30. The highest BCUT2D eigenvalue weighted by Gasteiger charge is 2.47. The van der Waals surface area contributed by atoms with E-state index in [1.807, 2.05) is 4.98 Å². The minimum atomic E-state index is -1.28. The predicted octanol–water partition coefficient (Wildman–Crippen LogP) is -2.28. The van der Waals surface area contributed by atoms with Gasteiger partial charge in [0.2, 0.25) is 0 Å². The van der Waals surface area contributed by atoms with Gasteiger partial charge in [-0.3, -0.25) is 19.1 Å². The van der Waals surface area contributed by atoms with Crippen LogP contribution in [0.1, 0.15) is 13.2 Å². The fourth-order valence-corrected chi connectivity index (χ4v) is 2.04. The Morgan fingerprint density at radius 2 is 2.25 bits per heavy atom. The molecular formula is C11H14N2O7. The molecule has 1 aromatic rings. The first-order valence-corrected chi connectivity index (χ1v) is 5.87.